The minimum atomic E-state index is -4.46. The van der Waals surface area contributed by atoms with Gasteiger partial charge in [0.05, 0.1) is 45.5 Å². The average Bonchev–Trinajstić information content (AvgIpc) is 4.39. The monoisotopic (exact) mass is 1340 g/mol. The van der Waals surface area contributed by atoms with Crippen LogP contribution < -0.4 is 14.1 Å². The molecule has 0 bridgehead atoms. The zero-order valence-corrected chi connectivity index (χ0v) is 50.2. The van der Waals surface area contributed by atoms with E-state index in [0.717, 1.165) is 35.1 Å². The minimum absolute atomic E-state index is 0. The van der Waals surface area contributed by atoms with Crippen LogP contribution in [0.15, 0.2) is 129 Å². The van der Waals surface area contributed by atoms with Gasteiger partial charge in [-0.05, 0) is 98.5 Å². The van der Waals surface area contributed by atoms with Crippen LogP contribution in [-0.2, 0) is 34.1 Å². The van der Waals surface area contributed by atoms with Crippen molar-refractivity contribution in [1.29, 1.82) is 5.26 Å². The highest BCUT2D eigenvalue weighted by Gasteiger charge is 2.31. The number of nitro groups is 4. The number of carboxylic acid groups (broad SMARTS) is 1. The van der Waals surface area contributed by atoms with Gasteiger partial charge in [0.1, 0.15) is 33.3 Å². The number of nitriles is 1. The van der Waals surface area contributed by atoms with Crippen LogP contribution in [0.25, 0.3) is 20.4 Å². The lowest BCUT2D eigenvalue weighted by atomic mass is 10.2. The fourth-order valence-corrected chi connectivity index (χ4v) is 13.1. The van der Waals surface area contributed by atoms with Crippen LogP contribution in [0.5, 0.6) is 11.5 Å². The normalized spacial score (nSPS) is 12.5. The second kappa shape index (κ2) is 29.6. The second-order valence-corrected chi connectivity index (χ2v) is 26.1. The number of nitrogens with zero attached hydrogens (tertiary/aromatic N) is 8. The van der Waals surface area contributed by atoms with Crippen molar-refractivity contribution in [2.75, 3.05) is 16.8 Å². The van der Waals surface area contributed by atoms with Gasteiger partial charge >= 0.3 is 26.2 Å². The highest BCUT2D eigenvalue weighted by molar-refractivity contribution is 8.15. The Labute approximate surface area is 509 Å². The molecular weight excluding hydrogens is 1300 g/mol. The van der Waals surface area contributed by atoms with E-state index in [4.69, 9.17) is 58.4 Å². The molecule has 36 heteroatoms. The molecule has 0 amide bonds. The predicted octanol–water partition coefficient (Wildman–Crippen LogP) is 11.8. The minimum Gasteiger partial charge on any atom is -0.480 e. The van der Waals surface area contributed by atoms with Gasteiger partial charge in [-0.3, -0.25) is 45.4 Å². The van der Waals surface area contributed by atoms with Crippen molar-refractivity contribution in [3.8, 4) is 17.6 Å². The molecule has 0 aliphatic carbocycles. The van der Waals surface area contributed by atoms with E-state index in [2.05, 4.69) is 15.0 Å². The molecule has 27 nitrogen and oxygen atoms in total. The smallest absolute Gasteiger partial charge is 0.346 e. The summed E-state index contributed by atoms with van der Waals surface area (Å²) in [6.07, 6.45) is 0. The third kappa shape index (κ3) is 18.6. The number of aromatic nitrogens is 2. The molecule has 0 spiro atoms. The first kappa shape index (κ1) is 69.3. The Morgan fingerprint density at radius 2 is 1.04 bits per heavy atom. The molecule has 1 atom stereocenters. The van der Waals surface area contributed by atoms with Crippen molar-refractivity contribution in [2.24, 2.45) is 4.99 Å². The molecule has 3 N–H and O–H groups in total. The van der Waals surface area contributed by atoms with Gasteiger partial charge in [0.2, 0.25) is 0 Å². The van der Waals surface area contributed by atoms with Gasteiger partial charge in [-0.1, -0.05) is 31.7 Å². The fraction of sp³-hybridized carbons (Fsp3) is 0.163. The zero-order chi connectivity index (χ0) is 62.6. The standard InChI is InChI=1S/C18H13N3O7S3.C15H9N3O5S2.C7H6ClNO4S.C7H8N2O2.CH2Cl2.CH4/c1-9-2-5-13(21(24)25)15(6-9)31(26,27)28-10-3-4-11-14(7-10)30-17(19-11)16-20-12(8-29-16)18(22)23;1-9-2-5-12(18(19)20)14(6-9)25(21,22)23-10-3-4-11-13(7-10)24-15(8-16)17-11;1-5-2-3-6(9(10)11)7(4-5)14(8,12)13;1-5-2-3-7(9(10)11)6(8)4-5;2-1-3;/h2-7,12H,8H2,1H3,(H,22,23);2-7H,1H3;2-4H,1H3;2-4H,8H2,1H3;1H2;1H4/t12-;;;;;/m1...../s1. The summed E-state index contributed by atoms with van der Waals surface area (Å²) in [4.78, 5) is 62.4. The number of carboxylic acids is 1. The summed E-state index contributed by atoms with van der Waals surface area (Å²) in [5.74, 6) is -0.725. The van der Waals surface area contributed by atoms with Gasteiger partial charge in [-0.25, -0.2) is 23.2 Å². The van der Waals surface area contributed by atoms with Crippen LogP contribution in [0.4, 0.5) is 28.4 Å². The number of carbonyl (C=O) groups is 1. The van der Waals surface area contributed by atoms with E-state index in [9.17, 15) is 70.5 Å². The molecule has 6 aromatic carbocycles. The number of nitrogen functional groups attached to an aromatic ring is 1. The Bertz CT molecular complexity index is 4330. The molecule has 0 unspecified atom stereocenters. The third-order valence-electron chi connectivity index (χ3n) is 10.5. The first-order valence-corrected chi connectivity index (χ1v) is 31.5. The Kier molecular flexibility index (Phi) is 24.1. The van der Waals surface area contributed by atoms with E-state index >= 15 is 0 Å². The summed E-state index contributed by atoms with van der Waals surface area (Å²) < 4.78 is 83.7. The van der Waals surface area contributed by atoms with E-state index in [1.807, 2.05) is 13.0 Å². The summed E-state index contributed by atoms with van der Waals surface area (Å²) in [6.45, 7) is 6.69. The summed E-state index contributed by atoms with van der Waals surface area (Å²) in [5.41, 5.74) is 7.62. The number of fused-ring (bicyclic) bond motifs is 2. The van der Waals surface area contributed by atoms with Crippen molar-refractivity contribution >= 4 is 157 Å². The molecule has 448 valence electrons. The quantitative estimate of drug-likeness (QED) is 0.0270. The van der Waals surface area contributed by atoms with Crippen LogP contribution >= 0.6 is 68.3 Å². The molecule has 1 aliphatic heterocycles. The molecule has 85 heavy (non-hydrogen) atoms. The van der Waals surface area contributed by atoms with Gasteiger partial charge in [-0.2, -0.15) is 22.1 Å². The molecule has 3 heterocycles. The zero-order valence-electron chi connectivity index (χ0n) is 43.0. The summed E-state index contributed by atoms with van der Waals surface area (Å²) >= 11 is 13.1. The summed E-state index contributed by atoms with van der Waals surface area (Å²) in [6, 6.07) is 25.7. The topological polar surface area (TPSA) is 419 Å². The largest absolute Gasteiger partial charge is 0.480 e. The fourth-order valence-electron chi connectivity index (χ4n) is 6.77. The molecule has 8 aromatic rings. The highest BCUT2D eigenvalue weighted by atomic mass is 35.7. The average molecular weight is 1340 g/mol. The van der Waals surface area contributed by atoms with Crippen molar-refractivity contribution in [2.45, 2.75) is 55.8 Å². The SMILES string of the molecule is C.Cc1ccc([N+](=O)[O-])c(N)c1.Cc1ccc([N+](=O)[O-])c(S(=O)(=O)Cl)c1.Cc1ccc([N+](=O)[O-])c(S(=O)(=O)Oc2ccc3nc(C#N)sc3c2)c1.Cc1ccc([N+](=O)[O-])c(S(=O)(=O)Oc2ccc3nc(C4=N[C@@H](C(=O)O)CS4)sc3c2)c1.ClCCl. The number of nitrogens with two attached hydrogens (primary N) is 1. The maximum absolute atomic E-state index is 12.7. The van der Waals surface area contributed by atoms with Gasteiger partial charge in [-0.15, -0.1) is 57.6 Å². The van der Waals surface area contributed by atoms with Gasteiger partial charge in [0, 0.05) is 52.8 Å². The number of halogens is 3. The lowest BCUT2D eigenvalue weighted by Crippen LogP contribution is -2.17. The first-order valence-electron chi connectivity index (χ1n) is 22.6. The van der Waals surface area contributed by atoms with Crippen LogP contribution in [-0.4, -0.2) is 88.2 Å². The number of benzene rings is 6. The van der Waals surface area contributed by atoms with Crippen LogP contribution in [0.3, 0.4) is 0 Å². The number of alkyl halides is 2. The molecule has 0 fully saturated rings. The lowest BCUT2D eigenvalue weighted by molar-refractivity contribution is -0.388. The molecule has 0 radical (unpaired) electrons. The maximum Gasteiger partial charge on any atom is 0.346 e. The van der Waals surface area contributed by atoms with Crippen LogP contribution in [0.1, 0.15) is 39.7 Å². The van der Waals surface area contributed by atoms with Crippen molar-refractivity contribution in [1.82, 2.24) is 9.97 Å². The number of aliphatic imine (C=N–C) groups is 1. The Morgan fingerprint density at radius 1 is 0.647 bits per heavy atom. The number of thioether (sulfide) groups is 1. The van der Waals surface area contributed by atoms with E-state index in [1.54, 1.807) is 39.0 Å². The predicted molar refractivity (Wildman–Crippen MR) is 322 cm³/mol. The van der Waals surface area contributed by atoms with Crippen molar-refractivity contribution in [3.63, 3.8) is 0 Å². The number of hydrogen-bond donors (Lipinski definition) is 2. The van der Waals surface area contributed by atoms with E-state index in [0.29, 0.717) is 52.9 Å². The Hall–Kier alpha value is -8.20. The van der Waals surface area contributed by atoms with Gasteiger partial charge < -0.3 is 19.2 Å². The number of hydrogen-bond acceptors (Lipinski definition) is 25. The first-order chi connectivity index (χ1) is 39.3. The Morgan fingerprint density at radius 3 is 1.42 bits per heavy atom. The maximum atomic E-state index is 12.7. The molecule has 0 saturated heterocycles. The number of rotatable bonds is 13. The van der Waals surface area contributed by atoms with Crippen LogP contribution in [0.2, 0.25) is 0 Å². The number of thiazole rings is 2. The highest BCUT2D eigenvalue weighted by Crippen LogP contribution is 2.35. The molecule has 1 aliphatic rings. The van der Waals surface area contributed by atoms with Crippen molar-refractivity contribution < 1.29 is 63.2 Å². The van der Waals surface area contributed by atoms with Gasteiger partial charge in [0.25, 0.3) is 31.8 Å². The number of aliphatic carboxylic acids is 1. The second-order valence-electron chi connectivity index (χ2n) is 16.6. The van der Waals surface area contributed by atoms with Crippen molar-refractivity contribution in [3.05, 3.63) is 182 Å². The third-order valence-corrected chi connectivity index (χ3v) is 17.5. The number of aryl methyl sites for hydroxylation is 4. The summed E-state index contributed by atoms with van der Waals surface area (Å²) in [5, 5.41) is 62.4. The molecule has 0 saturated carbocycles. The lowest BCUT2D eigenvalue weighted by Gasteiger charge is -2.08. The van der Waals surface area contributed by atoms with Crippen LogP contribution in [0, 0.1) is 79.5 Å². The van der Waals surface area contributed by atoms with E-state index in [-0.39, 0.29) is 40.6 Å². The van der Waals surface area contributed by atoms with Gasteiger partial charge in [0.15, 0.2) is 25.7 Å². The summed E-state index contributed by atoms with van der Waals surface area (Å²) in [7, 11) is -7.88. The molecule has 2 aromatic heterocycles. The van der Waals surface area contributed by atoms with E-state index in [1.165, 1.54) is 95.9 Å². The van der Waals surface area contributed by atoms with E-state index < -0.39 is 92.7 Å². The Balaban J connectivity index is 0.000000255. The molecular formula is C49H42Cl3N9O18S6. The molecule has 9 rings (SSSR count). The number of anilines is 1. The number of nitro benzene ring substituents is 4.